The minimum atomic E-state index is -0.311. The number of rotatable bonds is 6. The van der Waals surface area contributed by atoms with Crippen LogP contribution in [0.1, 0.15) is 75.7 Å². The van der Waals surface area contributed by atoms with Crippen LogP contribution in [0.25, 0.3) is 10.2 Å². The molecular weight excluding hydrogens is 454 g/mol. The number of aromatic nitrogens is 2. The highest BCUT2D eigenvalue weighted by Gasteiger charge is 2.28. The summed E-state index contributed by atoms with van der Waals surface area (Å²) < 4.78 is 7.67. The van der Waals surface area contributed by atoms with Crippen molar-refractivity contribution in [1.29, 1.82) is 0 Å². The van der Waals surface area contributed by atoms with Crippen LogP contribution in [0.5, 0.6) is 0 Å². The lowest BCUT2D eigenvalue weighted by molar-refractivity contribution is -0.121. The van der Waals surface area contributed by atoms with E-state index in [1.54, 1.807) is 15.9 Å². The van der Waals surface area contributed by atoms with Crippen molar-refractivity contribution in [2.75, 3.05) is 6.61 Å². The van der Waals surface area contributed by atoms with E-state index in [0.717, 1.165) is 55.3 Å². The summed E-state index contributed by atoms with van der Waals surface area (Å²) in [7, 11) is 0. The van der Waals surface area contributed by atoms with E-state index in [-0.39, 0.29) is 28.9 Å². The van der Waals surface area contributed by atoms with Gasteiger partial charge in [-0.15, -0.1) is 11.3 Å². The van der Waals surface area contributed by atoms with E-state index < -0.39 is 0 Å². The van der Waals surface area contributed by atoms with Crippen molar-refractivity contribution >= 4 is 39.2 Å². The Labute approximate surface area is 203 Å². The first-order valence-corrected chi connectivity index (χ1v) is 14.3. The van der Waals surface area contributed by atoms with E-state index in [1.165, 1.54) is 47.9 Å². The van der Waals surface area contributed by atoms with Crippen LogP contribution in [-0.2, 0) is 28.9 Å². The van der Waals surface area contributed by atoms with E-state index in [9.17, 15) is 9.59 Å². The van der Waals surface area contributed by atoms with Crippen molar-refractivity contribution in [1.82, 2.24) is 14.9 Å². The summed E-state index contributed by atoms with van der Waals surface area (Å²) in [6, 6.07) is 0.253. The third kappa shape index (κ3) is 4.89. The lowest BCUT2D eigenvalue weighted by Gasteiger charge is -2.30. The van der Waals surface area contributed by atoms with Gasteiger partial charge in [-0.3, -0.25) is 14.2 Å². The fourth-order valence-corrected chi connectivity index (χ4v) is 7.73. The predicted molar refractivity (Wildman–Crippen MR) is 134 cm³/mol. The molecule has 1 N–H and O–H groups in total. The van der Waals surface area contributed by atoms with Gasteiger partial charge in [-0.1, -0.05) is 31.5 Å². The number of fused-ring (bicyclic) bond motifs is 3. The molecule has 3 aliphatic rings. The van der Waals surface area contributed by atoms with Crippen LogP contribution in [0.4, 0.5) is 0 Å². The Kier molecular flexibility index (Phi) is 7.14. The number of aryl methyl sites for hydroxylation is 2. The maximum absolute atomic E-state index is 13.7. The van der Waals surface area contributed by atoms with Gasteiger partial charge in [0.2, 0.25) is 5.91 Å². The van der Waals surface area contributed by atoms with Gasteiger partial charge in [0, 0.05) is 17.5 Å². The van der Waals surface area contributed by atoms with Gasteiger partial charge < -0.3 is 10.1 Å². The zero-order valence-electron chi connectivity index (χ0n) is 19.7. The van der Waals surface area contributed by atoms with Gasteiger partial charge in [-0.05, 0) is 69.8 Å². The number of thioether (sulfide) groups is 1. The Bertz CT molecular complexity index is 1070. The van der Waals surface area contributed by atoms with Crippen LogP contribution in [0.15, 0.2) is 9.95 Å². The van der Waals surface area contributed by atoms with Crippen LogP contribution in [0.3, 0.4) is 0 Å². The highest BCUT2D eigenvalue weighted by atomic mass is 32.2. The Hall–Kier alpha value is -1.38. The molecule has 2 fully saturated rings. The van der Waals surface area contributed by atoms with Crippen molar-refractivity contribution in [2.24, 2.45) is 5.92 Å². The summed E-state index contributed by atoms with van der Waals surface area (Å²) in [5.74, 6) is 0.562. The summed E-state index contributed by atoms with van der Waals surface area (Å²) in [5, 5.41) is 4.43. The van der Waals surface area contributed by atoms with Gasteiger partial charge in [-0.2, -0.15) is 0 Å². The molecule has 2 aliphatic carbocycles. The van der Waals surface area contributed by atoms with Crippen LogP contribution in [0.2, 0.25) is 0 Å². The third-order valence-corrected chi connectivity index (χ3v) is 9.82. The average molecular weight is 490 g/mol. The topological polar surface area (TPSA) is 73.2 Å². The highest BCUT2D eigenvalue weighted by molar-refractivity contribution is 8.00. The Morgan fingerprint density at radius 1 is 1.21 bits per heavy atom. The molecule has 180 valence electrons. The smallest absolute Gasteiger partial charge is 0.263 e. The SMILES string of the molecule is CC(Sc1nc2sc3c(c2c(=O)n1CC1CCCO1)CCCC3)C(=O)NC1CCCCC1C. The quantitative estimate of drug-likeness (QED) is 0.471. The number of thiophene rings is 1. The maximum Gasteiger partial charge on any atom is 0.263 e. The van der Waals surface area contributed by atoms with Crippen molar-refractivity contribution in [3.63, 3.8) is 0 Å². The molecule has 0 aromatic carbocycles. The van der Waals surface area contributed by atoms with Gasteiger partial charge in [0.1, 0.15) is 4.83 Å². The van der Waals surface area contributed by atoms with E-state index in [4.69, 9.17) is 9.72 Å². The highest BCUT2D eigenvalue weighted by Crippen LogP contribution is 2.35. The van der Waals surface area contributed by atoms with Crippen molar-refractivity contribution in [3.8, 4) is 0 Å². The van der Waals surface area contributed by atoms with Gasteiger partial charge in [0.15, 0.2) is 5.16 Å². The number of hydrogen-bond donors (Lipinski definition) is 1. The molecule has 4 atom stereocenters. The van der Waals surface area contributed by atoms with E-state index in [0.29, 0.717) is 17.6 Å². The molecule has 4 unspecified atom stereocenters. The summed E-state index contributed by atoms with van der Waals surface area (Å²) in [6.45, 7) is 5.43. The van der Waals surface area contributed by atoms with Gasteiger partial charge in [0.25, 0.3) is 5.56 Å². The number of hydrogen-bond acceptors (Lipinski definition) is 6. The normalized spacial score (nSPS) is 26.3. The zero-order chi connectivity index (χ0) is 22.9. The molecule has 5 rings (SSSR count). The lowest BCUT2D eigenvalue weighted by atomic mass is 9.86. The van der Waals surface area contributed by atoms with Crippen molar-refractivity contribution < 1.29 is 9.53 Å². The molecule has 1 amide bonds. The monoisotopic (exact) mass is 489 g/mol. The van der Waals surface area contributed by atoms with Crippen LogP contribution < -0.4 is 10.9 Å². The molecule has 1 saturated carbocycles. The van der Waals surface area contributed by atoms with E-state index >= 15 is 0 Å². The largest absolute Gasteiger partial charge is 0.376 e. The maximum atomic E-state index is 13.7. The second-order valence-corrected chi connectivity index (χ2v) is 12.4. The number of ether oxygens (including phenoxy) is 1. The molecule has 3 heterocycles. The van der Waals surface area contributed by atoms with Crippen LogP contribution in [-0.4, -0.2) is 39.5 Å². The summed E-state index contributed by atoms with van der Waals surface area (Å²) in [5.41, 5.74) is 1.26. The lowest BCUT2D eigenvalue weighted by Crippen LogP contribution is -2.44. The number of nitrogens with zero attached hydrogens (tertiary/aromatic N) is 2. The molecule has 2 aromatic heterocycles. The van der Waals surface area contributed by atoms with Gasteiger partial charge in [-0.25, -0.2) is 4.98 Å². The fourth-order valence-electron chi connectivity index (χ4n) is 5.51. The summed E-state index contributed by atoms with van der Waals surface area (Å²) in [4.78, 5) is 33.9. The Morgan fingerprint density at radius 2 is 2.03 bits per heavy atom. The van der Waals surface area contributed by atoms with Gasteiger partial charge >= 0.3 is 0 Å². The number of carbonyl (C=O) groups is 1. The first kappa shape index (κ1) is 23.4. The average Bonchev–Trinajstić information content (AvgIpc) is 3.45. The Morgan fingerprint density at radius 3 is 2.82 bits per heavy atom. The minimum Gasteiger partial charge on any atom is -0.376 e. The second-order valence-electron chi connectivity index (χ2n) is 9.97. The Balaban J connectivity index is 1.44. The van der Waals surface area contributed by atoms with Crippen molar-refractivity contribution in [2.45, 2.75) is 107 Å². The third-order valence-electron chi connectivity index (χ3n) is 7.54. The molecule has 0 radical (unpaired) electrons. The molecule has 1 saturated heterocycles. The number of amides is 1. The molecule has 0 spiro atoms. The summed E-state index contributed by atoms with van der Waals surface area (Å²) in [6.07, 6.45) is 11.0. The predicted octanol–water partition coefficient (Wildman–Crippen LogP) is 4.69. The fraction of sp³-hybridized carbons (Fsp3) is 0.720. The zero-order valence-corrected chi connectivity index (χ0v) is 21.4. The molecular formula is C25H35N3O3S2. The van der Waals surface area contributed by atoms with Crippen molar-refractivity contribution in [3.05, 3.63) is 20.8 Å². The first-order chi connectivity index (χ1) is 16.0. The molecule has 8 heteroatoms. The van der Waals surface area contributed by atoms with E-state index in [2.05, 4.69) is 12.2 Å². The first-order valence-electron chi connectivity index (χ1n) is 12.6. The minimum absolute atomic E-state index is 0.0437. The summed E-state index contributed by atoms with van der Waals surface area (Å²) >= 11 is 3.09. The standard InChI is InChI=1S/C25H35N3O3S2/c1-15-8-3-5-11-19(15)26-22(29)16(2)32-25-27-23-21(18-10-4-6-12-20(18)33-23)24(30)28(25)14-17-9-7-13-31-17/h15-17,19H,3-14H2,1-2H3,(H,26,29). The molecule has 33 heavy (non-hydrogen) atoms. The van der Waals surface area contributed by atoms with Crippen LogP contribution >= 0.6 is 23.1 Å². The van der Waals surface area contributed by atoms with E-state index in [1.807, 2.05) is 6.92 Å². The molecule has 1 aliphatic heterocycles. The number of nitrogens with one attached hydrogen (secondary N) is 1. The molecule has 6 nitrogen and oxygen atoms in total. The molecule has 0 bridgehead atoms. The molecule has 2 aromatic rings. The number of carbonyl (C=O) groups excluding carboxylic acids is 1. The van der Waals surface area contributed by atoms with Crippen LogP contribution in [0, 0.1) is 5.92 Å². The van der Waals surface area contributed by atoms with Gasteiger partial charge in [0.05, 0.1) is 23.3 Å². The second kappa shape index (κ2) is 10.1.